The lowest BCUT2D eigenvalue weighted by molar-refractivity contribution is 0.473. The number of nitrogens with one attached hydrogen (secondary N) is 1. The highest BCUT2D eigenvalue weighted by Gasteiger charge is 2.18. The molecule has 0 aliphatic carbocycles. The molecule has 1 aromatic rings. The van der Waals surface area contributed by atoms with Gasteiger partial charge in [0.05, 0.1) is 0 Å². The average molecular weight is 192 g/mol. The molecule has 0 fully saturated rings. The van der Waals surface area contributed by atoms with Gasteiger partial charge < -0.3 is 5.43 Å². The summed E-state index contributed by atoms with van der Waals surface area (Å²) < 4.78 is 0. The van der Waals surface area contributed by atoms with Crippen LogP contribution >= 0.6 is 0 Å². The van der Waals surface area contributed by atoms with E-state index in [9.17, 15) is 0 Å². The summed E-state index contributed by atoms with van der Waals surface area (Å²) in [6.45, 7) is 6.78. The van der Waals surface area contributed by atoms with E-state index in [-0.39, 0.29) is 5.41 Å². The van der Waals surface area contributed by atoms with Crippen molar-refractivity contribution in [3.8, 4) is 0 Å². The zero-order valence-corrected chi connectivity index (χ0v) is 9.30. The molecule has 1 rings (SSSR count). The van der Waals surface area contributed by atoms with Crippen LogP contribution in [-0.4, -0.2) is 0 Å². The third-order valence-electron chi connectivity index (χ3n) is 2.71. The van der Waals surface area contributed by atoms with Crippen LogP contribution in [-0.2, 0) is 5.41 Å². The number of anilines is 1. The number of hydrazine groups is 1. The summed E-state index contributed by atoms with van der Waals surface area (Å²) in [6, 6.07) is 8.33. The Hall–Kier alpha value is -1.02. The van der Waals surface area contributed by atoms with Crippen molar-refractivity contribution < 1.29 is 0 Å². The van der Waals surface area contributed by atoms with Gasteiger partial charge in [0.1, 0.15) is 0 Å². The highest BCUT2D eigenvalue weighted by molar-refractivity contribution is 5.44. The lowest BCUT2D eigenvalue weighted by Crippen LogP contribution is -2.16. The van der Waals surface area contributed by atoms with Gasteiger partial charge in [0.15, 0.2) is 0 Å². The first kappa shape index (κ1) is 11.1. The molecule has 0 spiro atoms. The Kier molecular flexibility index (Phi) is 3.53. The van der Waals surface area contributed by atoms with Crippen LogP contribution in [0, 0.1) is 0 Å². The zero-order chi connectivity index (χ0) is 10.6. The van der Waals surface area contributed by atoms with Gasteiger partial charge in [0, 0.05) is 5.69 Å². The molecule has 2 heteroatoms. The minimum Gasteiger partial charge on any atom is -0.324 e. The Bertz CT molecular complexity index is 275. The fraction of sp³-hybridized carbons (Fsp3) is 0.500. The third kappa shape index (κ3) is 2.48. The molecule has 0 aromatic heterocycles. The number of benzene rings is 1. The van der Waals surface area contributed by atoms with Crippen LogP contribution in [0.1, 0.15) is 39.2 Å². The van der Waals surface area contributed by atoms with Gasteiger partial charge in [-0.15, -0.1) is 0 Å². The summed E-state index contributed by atoms with van der Waals surface area (Å²) in [4.78, 5) is 0. The second-order valence-electron chi connectivity index (χ2n) is 4.36. The minimum absolute atomic E-state index is 0.266. The van der Waals surface area contributed by atoms with Crippen LogP contribution < -0.4 is 11.3 Å². The largest absolute Gasteiger partial charge is 0.324 e. The monoisotopic (exact) mass is 192 g/mol. The predicted molar refractivity (Wildman–Crippen MR) is 62.2 cm³/mol. The molecular weight excluding hydrogens is 172 g/mol. The van der Waals surface area contributed by atoms with E-state index in [1.807, 2.05) is 12.1 Å². The molecule has 0 amide bonds. The summed E-state index contributed by atoms with van der Waals surface area (Å²) in [5.74, 6) is 5.32. The lowest BCUT2D eigenvalue weighted by atomic mass is 9.81. The normalized spacial score (nSPS) is 11.4. The molecule has 0 unspecified atom stereocenters. The van der Waals surface area contributed by atoms with Crippen molar-refractivity contribution in [1.29, 1.82) is 0 Å². The summed E-state index contributed by atoms with van der Waals surface area (Å²) >= 11 is 0. The fourth-order valence-corrected chi connectivity index (χ4v) is 1.79. The van der Waals surface area contributed by atoms with E-state index in [0.717, 1.165) is 5.69 Å². The third-order valence-corrected chi connectivity index (χ3v) is 2.71. The molecule has 0 atom stereocenters. The van der Waals surface area contributed by atoms with Crippen LogP contribution in [0.25, 0.3) is 0 Å². The molecule has 0 aliphatic rings. The first-order valence-corrected chi connectivity index (χ1v) is 5.17. The molecule has 14 heavy (non-hydrogen) atoms. The number of nitrogens with two attached hydrogens (primary N) is 1. The molecule has 0 heterocycles. The topological polar surface area (TPSA) is 38.0 Å². The number of rotatable bonds is 4. The van der Waals surface area contributed by atoms with Gasteiger partial charge in [-0.05, 0) is 29.5 Å². The first-order chi connectivity index (χ1) is 6.60. The maximum Gasteiger partial charge on any atom is 0.0485 e. The van der Waals surface area contributed by atoms with Gasteiger partial charge in [-0.25, -0.2) is 0 Å². The van der Waals surface area contributed by atoms with Crippen LogP contribution in [0.4, 0.5) is 5.69 Å². The minimum atomic E-state index is 0.266. The summed E-state index contributed by atoms with van der Waals surface area (Å²) in [7, 11) is 0. The molecule has 0 bridgehead atoms. The Labute approximate surface area is 86.5 Å². The van der Waals surface area contributed by atoms with Gasteiger partial charge in [-0.1, -0.05) is 39.3 Å². The van der Waals surface area contributed by atoms with Crippen molar-refractivity contribution in [2.45, 2.75) is 39.0 Å². The maximum absolute atomic E-state index is 5.32. The van der Waals surface area contributed by atoms with Crippen molar-refractivity contribution >= 4 is 5.69 Å². The van der Waals surface area contributed by atoms with E-state index in [1.54, 1.807) is 0 Å². The molecular formula is C12H20N2. The van der Waals surface area contributed by atoms with Gasteiger partial charge in [-0.3, -0.25) is 5.84 Å². The quantitative estimate of drug-likeness (QED) is 0.568. The van der Waals surface area contributed by atoms with Crippen LogP contribution in [0.2, 0.25) is 0 Å². The molecule has 1 aromatic carbocycles. The second-order valence-corrected chi connectivity index (χ2v) is 4.36. The van der Waals surface area contributed by atoms with Gasteiger partial charge in [-0.2, -0.15) is 0 Å². The van der Waals surface area contributed by atoms with Gasteiger partial charge in [0.2, 0.25) is 0 Å². The van der Waals surface area contributed by atoms with Crippen molar-refractivity contribution in [2.75, 3.05) is 5.43 Å². The molecule has 3 N–H and O–H groups in total. The van der Waals surface area contributed by atoms with Crippen molar-refractivity contribution in [3.05, 3.63) is 29.8 Å². The first-order valence-electron chi connectivity index (χ1n) is 5.17. The van der Waals surface area contributed by atoms with Gasteiger partial charge in [0.25, 0.3) is 0 Å². The van der Waals surface area contributed by atoms with E-state index in [4.69, 9.17) is 5.84 Å². The zero-order valence-electron chi connectivity index (χ0n) is 9.30. The van der Waals surface area contributed by atoms with Gasteiger partial charge >= 0.3 is 0 Å². The van der Waals surface area contributed by atoms with Crippen LogP contribution in [0.3, 0.4) is 0 Å². The summed E-state index contributed by atoms with van der Waals surface area (Å²) in [6.07, 6.45) is 2.42. The maximum atomic E-state index is 5.32. The van der Waals surface area contributed by atoms with E-state index in [1.165, 1.54) is 18.4 Å². The Balaban J connectivity index is 2.85. The van der Waals surface area contributed by atoms with Crippen molar-refractivity contribution in [3.63, 3.8) is 0 Å². The Morgan fingerprint density at radius 3 is 2.21 bits per heavy atom. The van der Waals surface area contributed by atoms with E-state index >= 15 is 0 Å². The fourth-order valence-electron chi connectivity index (χ4n) is 1.79. The standard InChI is InChI=1S/C12H20N2/c1-4-9-12(2,3)10-5-7-11(14-13)8-6-10/h5-8,14H,4,9,13H2,1-3H3. The lowest BCUT2D eigenvalue weighted by Gasteiger charge is -2.24. The van der Waals surface area contributed by atoms with Crippen LogP contribution in [0.5, 0.6) is 0 Å². The number of nitrogen functional groups attached to an aromatic ring is 1. The summed E-state index contributed by atoms with van der Waals surface area (Å²) in [5, 5.41) is 0. The molecule has 0 aliphatic heterocycles. The molecule has 0 saturated heterocycles. The van der Waals surface area contributed by atoms with E-state index < -0.39 is 0 Å². The molecule has 78 valence electrons. The van der Waals surface area contributed by atoms with E-state index in [0.29, 0.717) is 0 Å². The smallest absolute Gasteiger partial charge is 0.0485 e. The number of hydrogen-bond acceptors (Lipinski definition) is 2. The average Bonchev–Trinajstić information content (AvgIpc) is 2.18. The molecule has 0 saturated carbocycles. The molecule has 2 nitrogen and oxygen atoms in total. The Morgan fingerprint density at radius 1 is 1.21 bits per heavy atom. The van der Waals surface area contributed by atoms with Crippen molar-refractivity contribution in [2.24, 2.45) is 5.84 Å². The van der Waals surface area contributed by atoms with E-state index in [2.05, 4.69) is 38.3 Å². The van der Waals surface area contributed by atoms with Crippen molar-refractivity contribution in [1.82, 2.24) is 0 Å². The summed E-state index contributed by atoms with van der Waals surface area (Å²) in [5.41, 5.74) is 5.24. The predicted octanol–water partition coefficient (Wildman–Crippen LogP) is 3.05. The van der Waals surface area contributed by atoms with Crippen LogP contribution in [0.15, 0.2) is 24.3 Å². The Morgan fingerprint density at radius 2 is 1.79 bits per heavy atom. The number of hydrogen-bond donors (Lipinski definition) is 2. The molecule has 0 radical (unpaired) electrons. The highest BCUT2D eigenvalue weighted by atomic mass is 15.2. The SMILES string of the molecule is CCCC(C)(C)c1ccc(NN)cc1. The highest BCUT2D eigenvalue weighted by Crippen LogP contribution is 2.28. The second kappa shape index (κ2) is 4.47.